The molecule has 0 spiro atoms. The maximum atomic E-state index is 10.7. The lowest BCUT2D eigenvalue weighted by molar-refractivity contribution is 0.0427. The quantitative estimate of drug-likeness (QED) is 0.772. The van der Waals surface area contributed by atoms with Gasteiger partial charge in [0.25, 0.3) is 0 Å². The van der Waals surface area contributed by atoms with E-state index in [0.29, 0.717) is 0 Å². The van der Waals surface area contributed by atoms with Crippen molar-refractivity contribution in [2.45, 2.75) is 51.7 Å². The highest BCUT2D eigenvalue weighted by Gasteiger charge is 2.30. The summed E-state index contributed by atoms with van der Waals surface area (Å²) in [5, 5.41) is 10.7. The van der Waals surface area contributed by atoms with E-state index in [9.17, 15) is 5.11 Å². The van der Waals surface area contributed by atoms with Gasteiger partial charge in [-0.3, -0.25) is 4.90 Å². The molecule has 1 aromatic carbocycles. The second-order valence-electron chi connectivity index (χ2n) is 5.77. The van der Waals surface area contributed by atoms with Gasteiger partial charge in [0.1, 0.15) is 0 Å². The van der Waals surface area contributed by atoms with Crippen LogP contribution in [0.3, 0.4) is 0 Å². The van der Waals surface area contributed by atoms with E-state index in [1.807, 2.05) is 30.3 Å². The van der Waals surface area contributed by atoms with Crippen molar-refractivity contribution >= 4 is 0 Å². The fourth-order valence-corrected chi connectivity index (χ4v) is 2.87. The first-order valence-electron chi connectivity index (χ1n) is 7.73. The summed E-state index contributed by atoms with van der Waals surface area (Å²) in [6.07, 6.45) is 4.54. The highest BCUT2D eigenvalue weighted by molar-refractivity contribution is 5.19. The van der Waals surface area contributed by atoms with Gasteiger partial charge in [0.05, 0.1) is 6.10 Å². The predicted molar refractivity (Wildman–Crippen MR) is 80.1 cm³/mol. The topological polar surface area (TPSA) is 23.5 Å². The molecule has 2 unspecified atom stereocenters. The van der Waals surface area contributed by atoms with E-state index in [-0.39, 0.29) is 12.1 Å². The van der Waals surface area contributed by atoms with Crippen LogP contribution in [0.5, 0.6) is 0 Å². The van der Waals surface area contributed by atoms with Gasteiger partial charge in [-0.2, -0.15) is 0 Å². The van der Waals surface area contributed by atoms with E-state index in [2.05, 4.69) is 18.7 Å². The molecule has 0 aliphatic heterocycles. The van der Waals surface area contributed by atoms with Crippen LogP contribution in [0, 0.1) is 5.92 Å². The zero-order valence-electron chi connectivity index (χ0n) is 12.3. The third kappa shape index (κ3) is 4.05. The second kappa shape index (κ2) is 7.06. The molecule has 2 heteroatoms. The molecule has 1 aliphatic rings. The minimum Gasteiger partial charge on any atom is -0.387 e. The Bertz CT molecular complexity index is 361. The molecule has 0 bridgehead atoms. The second-order valence-corrected chi connectivity index (χ2v) is 5.77. The van der Waals surface area contributed by atoms with Crippen molar-refractivity contribution in [2.75, 3.05) is 13.1 Å². The van der Waals surface area contributed by atoms with Crippen LogP contribution in [0.2, 0.25) is 0 Å². The molecule has 1 fully saturated rings. The molecule has 0 radical (unpaired) electrons. The van der Waals surface area contributed by atoms with Crippen molar-refractivity contribution < 1.29 is 5.11 Å². The minimum atomic E-state index is -0.364. The fraction of sp³-hybridized carbons (Fsp3) is 0.647. The summed E-state index contributed by atoms with van der Waals surface area (Å²) < 4.78 is 0. The zero-order chi connectivity index (χ0) is 13.7. The number of nitrogens with zero attached hydrogens (tertiary/aromatic N) is 1. The van der Waals surface area contributed by atoms with Crippen molar-refractivity contribution in [3.05, 3.63) is 35.9 Å². The normalized spacial score (nSPS) is 18.5. The monoisotopic (exact) mass is 261 g/mol. The summed E-state index contributed by atoms with van der Waals surface area (Å²) in [6.45, 7) is 6.67. The van der Waals surface area contributed by atoms with E-state index >= 15 is 0 Å². The number of hydrogen-bond acceptors (Lipinski definition) is 2. The average molecular weight is 261 g/mol. The van der Waals surface area contributed by atoms with Crippen LogP contribution < -0.4 is 0 Å². The van der Waals surface area contributed by atoms with E-state index < -0.39 is 0 Å². The Hall–Kier alpha value is -0.860. The molecular weight excluding hydrogens is 234 g/mol. The van der Waals surface area contributed by atoms with Gasteiger partial charge in [-0.25, -0.2) is 0 Å². The molecule has 19 heavy (non-hydrogen) atoms. The van der Waals surface area contributed by atoms with Gasteiger partial charge in [0.15, 0.2) is 0 Å². The van der Waals surface area contributed by atoms with Gasteiger partial charge >= 0.3 is 0 Å². The molecule has 0 heterocycles. The number of aliphatic hydroxyl groups excluding tert-OH is 1. The first-order valence-corrected chi connectivity index (χ1v) is 7.73. The van der Waals surface area contributed by atoms with Crippen LogP contribution in [0.15, 0.2) is 30.3 Å². The van der Waals surface area contributed by atoms with Gasteiger partial charge in [0.2, 0.25) is 0 Å². The molecule has 0 aromatic heterocycles. The highest BCUT2D eigenvalue weighted by atomic mass is 16.3. The minimum absolute atomic E-state index is 0.253. The fourth-order valence-electron chi connectivity index (χ4n) is 2.87. The lowest BCUT2D eigenvalue weighted by Gasteiger charge is -2.34. The zero-order valence-corrected chi connectivity index (χ0v) is 12.3. The third-order valence-corrected chi connectivity index (χ3v) is 4.09. The Morgan fingerprint density at radius 1 is 1.21 bits per heavy atom. The van der Waals surface area contributed by atoms with Crippen molar-refractivity contribution in [1.82, 2.24) is 4.90 Å². The molecule has 0 saturated heterocycles. The van der Waals surface area contributed by atoms with Crippen molar-refractivity contribution in [2.24, 2.45) is 5.92 Å². The molecule has 106 valence electrons. The van der Waals surface area contributed by atoms with Crippen LogP contribution in [0.4, 0.5) is 0 Å². The average Bonchev–Trinajstić information content (AvgIpc) is 3.24. The Balaban J connectivity index is 2.06. The summed E-state index contributed by atoms with van der Waals surface area (Å²) in [7, 11) is 0. The molecule has 1 saturated carbocycles. The van der Waals surface area contributed by atoms with E-state index in [0.717, 1.165) is 37.4 Å². The van der Waals surface area contributed by atoms with Gasteiger partial charge in [0, 0.05) is 12.6 Å². The maximum absolute atomic E-state index is 10.7. The summed E-state index contributed by atoms with van der Waals surface area (Å²) in [5.74, 6) is 0.878. The van der Waals surface area contributed by atoms with E-state index in [1.54, 1.807) is 0 Å². The van der Waals surface area contributed by atoms with E-state index in [4.69, 9.17) is 0 Å². The van der Waals surface area contributed by atoms with Crippen molar-refractivity contribution in [3.8, 4) is 0 Å². The molecule has 2 atom stereocenters. The lowest BCUT2D eigenvalue weighted by Crippen LogP contribution is -2.41. The highest BCUT2D eigenvalue weighted by Crippen LogP contribution is 2.32. The number of rotatable bonds is 8. The molecule has 0 amide bonds. The Kier molecular flexibility index (Phi) is 5.41. The van der Waals surface area contributed by atoms with Crippen molar-refractivity contribution in [1.29, 1.82) is 0 Å². The standard InChI is InChI=1S/C17H27NO/c1-3-12-18(13-14-10-11-14)16(4-2)17(19)15-8-6-5-7-9-15/h5-9,14,16-17,19H,3-4,10-13H2,1-2H3. The van der Waals surface area contributed by atoms with Crippen LogP contribution in [0.1, 0.15) is 51.2 Å². The van der Waals surface area contributed by atoms with Crippen LogP contribution in [-0.2, 0) is 0 Å². The van der Waals surface area contributed by atoms with Crippen LogP contribution in [-0.4, -0.2) is 29.1 Å². The summed E-state index contributed by atoms with van der Waals surface area (Å²) >= 11 is 0. The first kappa shape index (κ1) is 14.5. The Morgan fingerprint density at radius 2 is 1.89 bits per heavy atom. The van der Waals surface area contributed by atoms with Gasteiger partial charge in [-0.15, -0.1) is 0 Å². The van der Waals surface area contributed by atoms with E-state index in [1.165, 1.54) is 12.8 Å². The smallest absolute Gasteiger partial charge is 0.0945 e. The molecule has 1 aliphatic carbocycles. The SMILES string of the molecule is CCCN(CC1CC1)C(CC)C(O)c1ccccc1. The van der Waals surface area contributed by atoms with Crippen LogP contribution in [0.25, 0.3) is 0 Å². The molecule has 1 aromatic rings. The summed E-state index contributed by atoms with van der Waals surface area (Å²) in [6, 6.07) is 10.4. The number of hydrogen-bond donors (Lipinski definition) is 1. The summed E-state index contributed by atoms with van der Waals surface area (Å²) in [4.78, 5) is 2.51. The predicted octanol–water partition coefficient (Wildman–Crippen LogP) is 3.62. The van der Waals surface area contributed by atoms with Gasteiger partial charge in [-0.05, 0) is 43.7 Å². The molecular formula is C17H27NO. The van der Waals surface area contributed by atoms with Crippen molar-refractivity contribution in [3.63, 3.8) is 0 Å². The van der Waals surface area contributed by atoms with Crippen LogP contribution >= 0.6 is 0 Å². The molecule has 2 nitrogen and oxygen atoms in total. The third-order valence-electron chi connectivity index (χ3n) is 4.09. The molecule has 2 rings (SSSR count). The number of benzene rings is 1. The summed E-state index contributed by atoms with van der Waals surface area (Å²) in [5.41, 5.74) is 1.05. The molecule has 1 N–H and O–H groups in total. The Labute approximate surface area is 117 Å². The first-order chi connectivity index (χ1) is 9.26. The number of aliphatic hydroxyl groups is 1. The van der Waals surface area contributed by atoms with Gasteiger partial charge in [-0.1, -0.05) is 44.2 Å². The van der Waals surface area contributed by atoms with Gasteiger partial charge < -0.3 is 5.11 Å². The lowest BCUT2D eigenvalue weighted by atomic mass is 9.98. The maximum Gasteiger partial charge on any atom is 0.0945 e. The largest absolute Gasteiger partial charge is 0.387 e. The Morgan fingerprint density at radius 3 is 2.42 bits per heavy atom.